The van der Waals surface area contributed by atoms with Gasteiger partial charge in [-0.2, -0.15) is 0 Å². The number of halogens is 2. The van der Waals surface area contributed by atoms with Crippen molar-refractivity contribution in [1.29, 1.82) is 0 Å². The fourth-order valence-corrected chi connectivity index (χ4v) is 4.94. The van der Waals surface area contributed by atoms with Crippen LogP contribution < -0.4 is 9.62 Å². The highest BCUT2D eigenvalue weighted by Crippen LogP contribution is 2.30. The number of carbonyl (C=O) groups is 1. The first-order valence-electron chi connectivity index (χ1n) is 9.08. The van der Waals surface area contributed by atoms with Crippen LogP contribution >= 0.6 is 23.2 Å². The van der Waals surface area contributed by atoms with Crippen LogP contribution in [0.1, 0.15) is 21.8 Å². The number of anilines is 2. The fourth-order valence-electron chi connectivity index (χ4n) is 2.88. The van der Waals surface area contributed by atoms with Gasteiger partial charge in [0.15, 0.2) is 5.76 Å². The van der Waals surface area contributed by atoms with Crippen LogP contribution in [0.5, 0.6) is 0 Å². The number of nitrogens with zero attached hydrogens (tertiary/aromatic N) is 2. The molecule has 0 saturated carbocycles. The predicted molar refractivity (Wildman–Crippen MR) is 122 cm³/mol. The predicted octanol–water partition coefficient (Wildman–Crippen LogP) is 5.23. The number of aryl methyl sites for hydroxylation is 2. The minimum absolute atomic E-state index is 0.00417. The molecule has 0 aliphatic rings. The summed E-state index contributed by atoms with van der Waals surface area (Å²) in [5.74, 6) is -0.0863. The summed E-state index contributed by atoms with van der Waals surface area (Å²) in [5.41, 5.74) is 1.43. The summed E-state index contributed by atoms with van der Waals surface area (Å²) in [6.07, 6.45) is 1.45. The number of carbonyl (C=O) groups excluding carboxylic acids is 1. The Hall–Kier alpha value is -2.81. The van der Waals surface area contributed by atoms with Gasteiger partial charge in [0.2, 0.25) is 0 Å². The first-order chi connectivity index (χ1) is 14.6. The normalized spacial score (nSPS) is 11.2. The molecule has 3 rings (SSSR count). The van der Waals surface area contributed by atoms with E-state index < -0.39 is 15.9 Å². The molecule has 31 heavy (non-hydrogen) atoms. The highest BCUT2D eigenvalue weighted by atomic mass is 35.5. The molecule has 1 amide bonds. The van der Waals surface area contributed by atoms with Gasteiger partial charge in [-0.15, -0.1) is 6.58 Å². The van der Waals surface area contributed by atoms with Crippen LogP contribution in [-0.4, -0.2) is 26.0 Å². The summed E-state index contributed by atoms with van der Waals surface area (Å²) in [7, 11) is -4.12. The lowest BCUT2D eigenvalue weighted by Crippen LogP contribution is -2.31. The minimum Gasteiger partial charge on any atom is -0.359 e. The van der Waals surface area contributed by atoms with Crippen molar-refractivity contribution < 1.29 is 17.7 Å². The highest BCUT2D eigenvalue weighted by Gasteiger charge is 2.28. The van der Waals surface area contributed by atoms with E-state index >= 15 is 0 Å². The summed E-state index contributed by atoms with van der Waals surface area (Å²) in [6.45, 7) is 6.97. The third kappa shape index (κ3) is 4.76. The van der Waals surface area contributed by atoms with E-state index in [4.69, 9.17) is 27.7 Å². The number of rotatable bonds is 7. The molecule has 162 valence electrons. The smallest absolute Gasteiger partial charge is 0.266 e. The van der Waals surface area contributed by atoms with Gasteiger partial charge in [-0.1, -0.05) is 34.4 Å². The maximum atomic E-state index is 13.4. The van der Waals surface area contributed by atoms with Crippen molar-refractivity contribution in [3.8, 4) is 0 Å². The zero-order chi connectivity index (χ0) is 22.8. The van der Waals surface area contributed by atoms with Gasteiger partial charge in [0.1, 0.15) is 16.3 Å². The molecule has 0 fully saturated rings. The fraction of sp³-hybridized carbons (Fsp3) is 0.143. The van der Waals surface area contributed by atoms with E-state index in [0.717, 1.165) is 4.31 Å². The molecule has 0 saturated heterocycles. The molecular formula is C21H19Cl2N3O4S. The number of benzene rings is 2. The molecule has 0 aliphatic heterocycles. The van der Waals surface area contributed by atoms with E-state index in [9.17, 15) is 13.2 Å². The minimum atomic E-state index is -4.12. The SMILES string of the molecule is C=CCN(c1ccc(Cl)cc1)S(=O)(=O)c1cc(C(=O)Nc2c(C)noc2C)ccc1Cl. The largest absolute Gasteiger partial charge is 0.359 e. The molecule has 0 bridgehead atoms. The van der Waals surface area contributed by atoms with Crippen LogP contribution in [0.4, 0.5) is 11.4 Å². The molecule has 0 unspecified atom stereocenters. The summed E-state index contributed by atoms with van der Waals surface area (Å²) in [5, 5.41) is 6.92. The Morgan fingerprint density at radius 3 is 2.45 bits per heavy atom. The molecule has 0 spiro atoms. The van der Waals surface area contributed by atoms with Gasteiger partial charge < -0.3 is 9.84 Å². The van der Waals surface area contributed by atoms with Gasteiger partial charge >= 0.3 is 0 Å². The van der Waals surface area contributed by atoms with Crippen molar-refractivity contribution in [1.82, 2.24) is 5.16 Å². The Morgan fingerprint density at radius 2 is 1.87 bits per heavy atom. The molecule has 1 heterocycles. The van der Waals surface area contributed by atoms with Gasteiger partial charge in [-0.25, -0.2) is 8.42 Å². The maximum Gasteiger partial charge on any atom is 0.266 e. The zero-order valence-corrected chi connectivity index (χ0v) is 19.1. The average Bonchev–Trinajstić information content (AvgIpc) is 3.05. The van der Waals surface area contributed by atoms with Crippen molar-refractivity contribution in [3.63, 3.8) is 0 Å². The number of nitrogens with one attached hydrogen (secondary N) is 1. The molecule has 1 aromatic heterocycles. The lowest BCUT2D eigenvalue weighted by Gasteiger charge is -2.24. The second-order valence-electron chi connectivity index (χ2n) is 6.60. The van der Waals surface area contributed by atoms with Crippen LogP contribution in [0.3, 0.4) is 0 Å². The van der Waals surface area contributed by atoms with Gasteiger partial charge in [0, 0.05) is 10.6 Å². The second-order valence-corrected chi connectivity index (χ2v) is 9.27. The Morgan fingerprint density at radius 1 is 1.19 bits per heavy atom. The van der Waals surface area contributed by atoms with E-state index in [1.54, 1.807) is 38.1 Å². The standard InChI is InChI=1S/C21H19Cl2N3O4S/c1-4-11-26(17-8-6-16(22)7-9-17)31(28,29)19-12-15(5-10-18(19)23)21(27)24-20-13(2)25-30-14(20)3/h4-10,12H,1,11H2,2-3H3,(H,24,27). The molecule has 7 nitrogen and oxygen atoms in total. The van der Waals surface area contributed by atoms with E-state index in [-0.39, 0.29) is 22.0 Å². The Bertz CT molecular complexity index is 1220. The second kappa shape index (κ2) is 9.13. The number of aromatic nitrogens is 1. The monoisotopic (exact) mass is 479 g/mol. The summed E-state index contributed by atoms with van der Waals surface area (Å²) >= 11 is 12.1. The quantitative estimate of drug-likeness (QED) is 0.468. The first kappa shape index (κ1) is 22.9. The van der Waals surface area contributed by atoms with Gasteiger partial charge in [-0.3, -0.25) is 9.10 Å². The summed E-state index contributed by atoms with van der Waals surface area (Å²) in [4.78, 5) is 12.5. The molecule has 0 atom stereocenters. The summed E-state index contributed by atoms with van der Waals surface area (Å²) in [6, 6.07) is 10.3. The third-order valence-corrected chi connectivity index (χ3v) is 6.97. The highest BCUT2D eigenvalue weighted by molar-refractivity contribution is 7.93. The lowest BCUT2D eigenvalue weighted by atomic mass is 10.2. The van der Waals surface area contributed by atoms with Crippen molar-refractivity contribution in [3.05, 3.63) is 82.2 Å². The zero-order valence-electron chi connectivity index (χ0n) is 16.7. The van der Waals surface area contributed by atoms with E-state index in [0.29, 0.717) is 27.9 Å². The molecule has 2 aromatic carbocycles. The van der Waals surface area contributed by atoms with Crippen LogP contribution in [0.15, 0.2) is 64.5 Å². The molecule has 3 aromatic rings. The molecular weight excluding hydrogens is 461 g/mol. The Kier molecular flexibility index (Phi) is 6.74. The molecule has 1 N–H and O–H groups in total. The number of amides is 1. The van der Waals surface area contributed by atoms with Crippen LogP contribution in [0.2, 0.25) is 10.0 Å². The third-order valence-electron chi connectivity index (χ3n) is 4.44. The Balaban J connectivity index is 2.01. The van der Waals surface area contributed by atoms with Crippen molar-refractivity contribution in [2.75, 3.05) is 16.2 Å². The van der Waals surface area contributed by atoms with Crippen LogP contribution in [0, 0.1) is 13.8 Å². The summed E-state index contributed by atoms with van der Waals surface area (Å²) < 4.78 is 33.0. The molecule has 10 heteroatoms. The molecule has 0 radical (unpaired) electrons. The van der Waals surface area contributed by atoms with E-state index in [1.807, 2.05) is 0 Å². The van der Waals surface area contributed by atoms with Crippen LogP contribution in [0.25, 0.3) is 0 Å². The number of hydrogen-bond donors (Lipinski definition) is 1. The van der Waals surface area contributed by atoms with Crippen molar-refractivity contribution in [2.45, 2.75) is 18.7 Å². The number of sulfonamides is 1. The average molecular weight is 480 g/mol. The Labute approximate surface area is 190 Å². The number of hydrogen-bond acceptors (Lipinski definition) is 5. The van der Waals surface area contributed by atoms with Gasteiger partial charge in [-0.05, 0) is 56.3 Å². The topological polar surface area (TPSA) is 92.5 Å². The van der Waals surface area contributed by atoms with E-state index in [2.05, 4.69) is 17.1 Å². The van der Waals surface area contributed by atoms with Crippen LogP contribution in [-0.2, 0) is 10.0 Å². The van der Waals surface area contributed by atoms with Crippen molar-refractivity contribution in [2.24, 2.45) is 0 Å². The maximum absolute atomic E-state index is 13.4. The van der Waals surface area contributed by atoms with Gasteiger partial charge in [0.05, 0.1) is 17.3 Å². The van der Waals surface area contributed by atoms with Crippen molar-refractivity contribution >= 4 is 50.5 Å². The van der Waals surface area contributed by atoms with E-state index in [1.165, 1.54) is 24.3 Å². The van der Waals surface area contributed by atoms with Gasteiger partial charge in [0.25, 0.3) is 15.9 Å². The molecule has 0 aliphatic carbocycles. The lowest BCUT2D eigenvalue weighted by molar-refractivity contribution is 0.102. The first-order valence-corrected chi connectivity index (χ1v) is 11.3.